The summed E-state index contributed by atoms with van der Waals surface area (Å²) in [5, 5.41) is 13.2. The van der Waals surface area contributed by atoms with E-state index in [1.54, 1.807) is 6.08 Å². The fraction of sp³-hybridized carbons (Fsp3) is 0.143. The van der Waals surface area contributed by atoms with Crippen molar-refractivity contribution in [1.29, 1.82) is 5.26 Å². The Bertz CT molecular complexity index is 591. The Morgan fingerprint density at radius 2 is 2.00 bits per heavy atom. The highest BCUT2D eigenvalue weighted by molar-refractivity contribution is 5.70. The quantitative estimate of drug-likeness (QED) is 0.826. The number of aromatic nitrogens is 1. The fourth-order valence-electron chi connectivity index (χ4n) is 1.53. The molecule has 0 saturated carbocycles. The highest BCUT2D eigenvalue weighted by Gasteiger charge is 2.15. The Labute approximate surface area is 106 Å². The molecular weight excluding hydrogens is 226 g/mol. The number of benzene rings is 1. The van der Waals surface area contributed by atoms with Crippen molar-refractivity contribution < 1.29 is 4.52 Å². The monoisotopic (exact) mass is 239 g/mol. The largest absolute Gasteiger partial charge is 0.383 e. The average molecular weight is 239 g/mol. The van der Waals surface area contributed by atoms with Crippen molar-refractivity contribution in [1.82, 2.24) is 10.1 Å². The summed E-state index contributed by atoms with van der Waals surface area (Å²) < 4.78 is 5.21. The van der Waals surface area contributed by atoms with E-state index in [0.717, 1.165) is 5.56 Å². The number of hydrogen-bond donors (Lipinski definition) is 0. The van der Waals surface area contributed by atoms with Crippen molar-refractivity contribution in [2.45, 2.75) is 0 Å². The van der Waals surface area contributed by atoms with Gasteiger partial charge in [-0.05, 0) is 0 Å². The van der Waals surface area contributed by atoms with Gasteiger partial charge in [-0.3, -0.25) is 0 Å². The molecule has 0 aliphatic carbocycles. The first kappa shape index (κ1) is 11.9. The van der Waals surface area contributed by atoms with E-state index in [2.05, 4.69) is 11.2 Å². The summed E-state index contributed by atoms with van der Waals surface area (Å²) in [4.78, 5) is 1.87. The smallest absolute Gasteiger partial charge is 0.179 e. The molecule has 18 heavy (non-hydrogen) atoms. The molecule has 0 unspecified atom stereocenters. The number of rotatable bonds is 3. The summed E-state index contributed by atoms with van der Waals surface area (Å²) in [7, 11) is 3.80. The molecule has 0 saturated heterocycles. The maximum absolute atomic E-state index is 9.22. The van der Waals surface area contributed by atoms with Crippen molar-refractivity contribution in [2.75, 3.05) is 14.1 Å². The Morgan fingerprint density at radius 1 is 1.28 bits per heavy atom. The van der Waals surface area contributed by atoms with Gasteiger partial charge in [0, 0.05) is 31.9 Å². The minimum absolute atomic E-state index is 0.458. The van der Waals surface area contributed by atoms with Crippen molar-refractivity contribution in [3.63, 3.8) is 0 Å². The Hall–Kier alpha value is -2.54. The van der Waals surface area contributed by atoms with Gasteiger partial charge in [0.15, 0.2) is 5.76 Å². The molecule has 0 amide bonds. The molecule has 4 heteroatoms. The van der Waals surface area contributed by atoms with Crippen LogP contribution in [0.3, 0.4) is 0 Å². The van der Waals surface area contributed by atoms with Gasteiger partial charge in [0.05, 0.1) is 0 Å². The number of hydrogen-bond acceptors (Lipinski definition) is 4. The lowest BCUT2D eigenvalue weighted by molar-refractivity contribution is 0.414. The molecule has 1 heterocycles. The van der Waals surface area contributed by atoms with E-state index in [1.165, 1.54) is 0 Å². The minimum atomic E-state index is 0.458. The second-order valence-electron chi connectivity index (χ2n) is 4.03. The summed E-state index contributed by atoms with van der Waals surface area (Å²) in [6, 6.07) is 11.7. The van der Waals surface area contributed by atoms with Crippen LogP contribution in [-0.4, -0.2) is 24.2 Å². The lowest BCUT2D eigenvalue weighted by Crippen LogP contribution is -1.99. The maximum atomic E-state index is 9.22. The van der Waals surface area contributed by atoms with Crippen LogP contribution in [0.5, 0.6) is 0 Å². The summed E-state index contributed by atoms with van der Waals surface area (Å²) in [6.45, 7) is 0. The molecule has 0 radical (unpaired) electrons. The molecule has 2 aromatic rings. The fourth-order valence-corrected chi connectivity index (χ4v) is 1.53. The molecule has 0 atom stereocenters. The summed E-state index contributed by atoms with van der Waals surface area (Å²) in [6.07, 6.45) is 3.55. The van der Waals surface area contributed by atoms with Crippen molar-refractivity contribution >= 4 is 6.08 Å². The zero-order chi connectivity index (χ0) is 13.0. The van der Waals surface area contributed by atoms with Crippen LogP contribution in [-0.2, 0) is 0 Å². The predicted molar refractivity (Wildman–Crippen MR) is 69.4 cm³/mol. The third-order valence-corrected chi connectivity index (χ3v) is 2.40. The molecule has 0 aliphatic rings. The molecule has 1 aromatic heterocycles. The molecule has 4 nitrogen and oxygen atoms in total. The number of nitriles is 1. The highest BCUT2D eigenvalue weighted by atomic mass is 16.5. The normalized spacial score (nSPS) is 10.5. The topological polar surface area (TPSA) is 53.1 Å². The third-order valence-electron chi connectivity index (χ3n) is 2.40. The van der Waals surface area contributed by atoms with E-state index < -0.39 is 0 Å². The molecule has 2 rings (SSSR count). The molecule has 0 spiro atoms. The van der Waals surface area contributed by atoms with Gasteiger partial charge in [-0.2, -0.15) is 5.26 Å². The summed E-state index contributed by atoms with van der Waals surface area (Å²) >= 11 is 0. The van der Waals surface area contributed by atoms with E-state index in [9.17, 15) is 5.26 Å². The van der Waals surface area contributed by atoms with Crippen LogP contribution >= 0.6 is 0 Å². The Balaban J connectivity index is 2.44. The Kier molecular flexibility index (Phi) is 3.44. The van der Waals surface area contributed by atoms with Gasteiger partial charge < -0.3 is 9.42 Å². The van der Waals surface area contributed by atoms with Crippen LogP contribution in [0, 0.1) is 11.3 Å². The van der Waals surface area contributed by atoms with E-state index in [1.807, 2.05) is 55.5 Å². The average Bonchev–Trinajstić information content (AvgIpc) is 2.80. The first-order valence-electron chi connectivity index (χ1n) is 5.52. The standard InChI is InChI=1S/C14H13N3O/c1-17(2)9-8-13-12(10-15)14(16-18-13)11-6-4-3-5-7-11/h3-9H,1-2H3. The van der Waals surface area contributed by atoms with Gasteiger partial charge in [0.2, 0.25) is 0 Å². The van der Waals surface area contributed by atoms with Gasteiger partial charge in [-0.15, -0.1) is 0 Å². The third kappa shape index (κ3) is 2.41. The van der Waals surface area contributed by atoms with Gasteiger partial charge in [0.1, 0.15) is 17.3 Å². The van der Waals surface area contributed by atoms with Crippen molar-refractivity contribution in [3.05, 3.63) is 47.9 Å². The molecule has 1 aromatic carbocycles. The molecule has 0 fully saturated rings. The lowest BCUT2D eigenvalue weighted by atomic mass is 10.1. The molecule has 90 valence electrons. The zero-order valence-electron chi connectivity index (χ0n) is 10.3. The van der Waals surface area contributed by atoms with E-state index in [0.29, 0.717) is 17.0 Å². The van der Waals surface area contributed by atoms with Crippen LogP contribution in [0.15, 0.2) is 41.1 Å². The van der Waals surface area contributed by atoms with Crippen molar-refractivity contribution in [2.24, 2.45) is 0 Å². The van der Waals surface area contributed by atoms with E-state index in [-0.39, 0.29) is 0 Å². The van der Waals surface area contributed by atoms with E-state index >= 15 is 0 Å². The molecule has 0 N–H and O–H groups in total. The lowest BCUT2D eigenvalue weighted by Gasteiger charge is -2.01. The van der Waals surface area contributed by atoms with Crippen LogP contribution in [0.2, 0.25) is 0 Å². The van der Waals surface area contributed by atoms with Gasteiger partial charge >= 0.3 is 0 Å². The van der Waals surface area contributed by atoms with Gasteiger partial charge in [-0.1, -0.05) is 35.5 Å². The Morgan fingerprint density at radius 3 is 2.61 bits per heavy atom. The first-order chi connectivity index (χ1) is 8.72. The first-order valence-corrected chi connectivity index (χ1v) is 5.52. The highest BCUT2D eigenvalue weighted by Crippen LogP contribution is 2.25. The van der Waals surface area contributed by atoms with Crippen LogP contribution < -0.4 is 0 Å². The van der Waals surface area contributed by atoms with Crippen LogP contribution in [0.25, 0.3) is 17.3 Å². The van der Waals surface area contributed by atoms with E-state index in [4.69, 9.17) is 4.52 Å². The SMILES string of the molecule is CN(C)C=Cc1onc(-c2ccccc2)c1C#N. The zero-order valence-corrected chi connectivity index (χ0v) is 10.3. The maximum Gasteiger partial charge on any atom is 0.179 e. The van der Waals surface area contributed by atoms with Gasteiger partial charge in [0.25, 0.3) is 0 Å². The van der Waals surface area contributed by atoms with Crippen LogP contribution in [0.4, 0.5) is 0 Å². The number of nitrogens with zero attached hydrogens (tertiary/aromatic N) is 3. The minimum Gasteiger partial charge on any atom is -0.383 e. The van der Waals surface area contributed by atoms with Gasteiger partial charge in [-0.25, -0.2) is 0 Å². The molecular formula is C14H13N3O. The predicted octanol–water partition coefficient (Wildman–Crippen LogP) is 2.75. The second kappa shape index (κ2) is 5.19. The second-order valence-corrected chi connectivity index (χ2v) is 4.03. The summed E-state index contributed by atoms with van der Waals surface area (Å²) in [5.74, 6) is 0.477. The molecule has 0 aliphatic heterocycles. The molecule has 0 bridgehead atoms. The van der Waals surface area contributed by atoms with Crippen LogP contribution in [0.1, 0.15) is 11.3 Å². The van der Waals surface area contributed by atoms with Crippen molar-refractivity contribution in [3.8, 4) is 17.3 Å². The summed E-state index contributed by atoms with van der Waals surface area (Å²) in [5.41, 5.74) is 1.91.